The smallest absolute Gasteiger partial charge is 0.224 e. The monoisotopic (exact) mass is 302 g/mol. The summed E-state index contributed by atoms with van der Waals surface area (Å²) >= 11 is 0. The van der Waals surface area contributed by atoms with Crippen molar-refractivity contribution in [3.63, 3.8) is 0 Å². The molecule has 1 saturated carbocycles. The van der Waals surface area contributed by atoms with Gasteiger partial charge in [-0.25, -0.2) is 4.98 Å². The Labute approximate surface area is 130 Å². The molecule has 2 aliphatic rings. The first kappa shape index (κ1) is 15.0. The van der Waals surface area contributed by atoms with E-state index in [0.29, 0.717) is 5.88 Å². The lowest BCUT2D eigenvalue weighted by molar-refractivity contribution is -0.126. The summed E-state index contributed by atoms with van der Waals surface area (Å²) in [6.45, 7) is 0. The van der Waals surface area contributed by atoms with Crippen LogP contribution in [0.1, 0.15) is 37.3 Å². The fraction of sp³-hybridized carbons (Fsp3) is 0.529. The Morgan fingerprint density at radius 3 is 2.64 bits per heavy atom. The van der Waals surface area contributed by atoms with Crippen molar-refractivity contribution in [3.05, 3.63) is 36.0 Å². The van der Waals surface area contributed by atoms with E-state index in [1.807, 2.05) is 6.07 Å². The number of carbonyl (C=O) groups excluding carboxylic acids is 1. The zero-order chi connectivity index (χ0) is 15.5. The summed E-state index contributed by atoms with van der Waals surface area (Å²) in [6, 6.07) is 3.66. The van der Waals surface area contributed by atoms with E-state index in [1.165, 1.54) is 0 Å². The minimum absolute atomic E-state index is 0.0405. The van der Waals surface area contributed by atoms with Crippen LogP contribution in [0.2, 0.25) is 0 Å². The molecule has 1 aromatic heterocycles. The molecule has 0 saturated heterocycles. The summed E-state index contributed by atoms with van der Waals surface area (Å²) in [5.41, 5.74) is 0.969. The van der Waals surface area contributed by atoms with Crippen molar-refractivity contribution in [2.75, 3.05) is 7.11 Å². The Hall–Kier alpha value is -1.88. The lowest BCUT2D eigenvalue weighted by Crippen LogP contribution is -2.43. The van der Waals surface area contributed by atoms with Crippen molar-refractivity contribution in [1.29, 1.82) is 0 Å². The zero-order valence-corrected chi connectivity index (χ0v) is 12.7. The topological polar surface area (TPSA) is 71.5 Å². The van der Waals surface area contributed by atoms with Crippen LogP contribution < -0.4 is 10.1 Å². The van der Waals surface area contributed by atoms with E-state index in [4.69, 9.17) is 4.74 Å². The Morgan fingerprint density at radius 1 is 1.36 bits per heavy atom. The predicted octanol–water partition coefficient (Wildman–Crippen LogP) is 1.98. The van der Waals surface area contributed by atoms with E-state index >= 15 is 0 Å². The van der Waals surface area contributed by atoms with Gasteiger partial charge in [0.15, 0.2) is 0 Å². The van der Waals surface area contributed by atoms with Gasteiger partial charge in [-0.3, -0.25) is 4.79 Å². The number of ether oxygens (including phenoxy) is 1. The van der Waals surface area contributed by atoms with Crippen LogP contribution in [0.5, 0.6) is 5.88 Å². The first-order valence-electron chi connectivity index (χ1n) is 7.80. The number of rotatable bonds is 5. The lowest BCUT2D eigenvalue weighted by atomic mass is 9.75. The Bertz CT molecular complexity index is 542. The highest BCUT2D eigenvalue weighted by Crippen LogP contribution is 2.38. The molecule has 22 heavy (non-hydrogen) atoms. The summed E-state index contributed by atoms with van der Waals surface area (Å²) in [6.07, 6.45) is 8.69. The molecule has 0 radical (unpaired) electrons. The maximum Gasteiger partial charge on any atom is 0.224 e. The molecule has 1 heterocycles. The van der Waals surface area contributed by atoms with E-state index in [-0.39, 0.29) is 29.9 Å². The van der Waals surface area contributed by atoms with Gasteiger partial charge in [0.25, 0.3) is 0 Å². The minimum atomic E-state index is -0.247. The first-order valence-corrected chi connectivity index (χ1v) is 7.80. The van der Waals surface area contributed by atoms with E-state index in [1.54, 1.807) is 19.4 Å². The fourth-order valence-corrected chi connectivity index (χ4v) is 3.17. The van der Waals surface area contributed by atoms with Crippen LogP contribution in [0.3, 0.4) is 0 Å². The number of pyridine rings is 1. The van der Waals surface area contributed by atoms with Crippen LogP contribution in [0.4, 0.5) is 0 Å². The average molecular weight is 302 g/mol. The first-order chi connectivity index (χ1) is 10.7. The normalized spacial score (nSPS) is 25.5. The van der Waals surface area contributed by atoms with Crippen LogP contribution in [0.25, 0.3) is 0 Å². The molecule has 0 aliphatic heterocycles. The third-order valence-electron chi connectivity index (χ3n) is 4.62. The predicted molar refractivity (Wildman–Crippen MR) is 82.3 cm³/mol. The second kappa shape index (κ2) is 6.48. The Morgan fingerprint density at radius 2 is 2.09 bits per heavy atom. The molecule has 1 aromatic rings. The van der Waals surface area contributed by atoms with Gasteiger partial charge < -0.3 is 15.2 Å². The molecule has 0 unspecified atom stereocenters. The van der Waals surface area contributed by atoms with Gasteiger partial charge in [-0.05, 0) is 37.2 Å². The van der Waals surface area contributed by atoms with Crippen molar-refractivity contribution < 1.29 is 14.6 Å². The number of nitrogens with zero attached hydrogens (tertiary/aromatic N) is 1. The van der Waals surface area contributed by atoms with Crippen molar-refractivity contribution in [1.82, 2.24) is 10.3 Å². The third kappa shape index (κ3) is 3.14. The molecular weight excluding hydrogens is 280 g/mol. The number of aromatic nitrogens is 1. The van der Waals surface area contributed by atoms with Crippen molar-refractivity contribution >= 4 is 5.91 Å². The van der Waals surface area contributed by atoms with E-state index in [2.05, 4.69) is 22.5 Å². The molecule has 5 nitrogen and oxygen atoms in total. The van der Waals surface area contributed by atoms with Gasteiger partial charge in [0.05, 0.1) is 19.3 Å². The van der Waals surface area contributed by atoms with Crippen LogP contribution in [0.15, 0.2) is 30.5 Å². The standard InChI is InChI=1S/C17H22N2O3/c1-22-15-7-6-12(10-18-15)16(13-8-14(20)9-13)19-17(21)11-4-2-3-5-11/h2-3,6-7,10-11,13-14,16,20H,4-5,8-9H2,1H3,(H,19,21)/t13?,14?,16-/m1/s1. The van der Waals surface area contributed by atoms with Crippen molar-refractivity contribution in [2.24, 2.45) is 11.8 Å². The maximum atomic E-state index is 12.4. The molecule has 1 fully saturated rings. The highest BCUT2D eigenvalue weighted by atomic mass is 16.5. The number of hydrogen-bond acceptors (Lipinski definition) is 4. The summed E-state index contributed by atoms with van der Waals surface area (Å²) in [5, 5.41) is 12.7. The summed E-state index contributed by atoms with van der Waals surface area (Å²) < 4.78 is 5.08. The molecule has 2 N–H and O–H groups in total. The Balaban J connectivity index is 1.72. The Kier molecular flexibility index (Phi) is 4.43. The maximum absolute atomic E-state index is 12.4. The molecule has 2 aliphatic carbocycles. The highest BCUT2D eigenvalue weighted by molar-refractivity contribution is 5.80. The van der Waals surface area contributed by atoms with Crippen LogP contribution >= 0.6 is 0 Å². The lowest BCUT2D eigenvalue weighted by Gasteiger charge is -2.38. The van der Waals surface area contributed by atoms with Gasteiger partial charge in [0, 0.05) is 18.2 Å². The van der Waals surface area contributed by atoms with Crippen molar-refractivity contribution in [2.45, 2.75) is 37.8 Å². The molecule has 0 aromatic carbocycles. The van der Waals surface area contributed by atoms with Gasteiger partial charge in [0.1, 0.15) is 0 Å². The number of amides is 1. The second-order valence-corrected chi connectivity index (χ2v) is 6.15. The summed E-state index contributed by atoms with van der Waals surface area (Å²) in [5.74, 6) is 0.955. The molecule has 118 valence electrons. The number of carbonyl (C=O) groups is 1. The van der Waals surface area contributed by atoms with Crippen LogP contribution in [-0.2, 0) is 4.79 Å². The van der Waals surface area contributed by atoms with E-state index in [9.17, 15) is 9.90 Å². The largest absolute Gasteiger partial charge is 0.481 e. The molecule has 0 spiro atoms. The number of nitrogens with one attached hydrogen (secondary N) is 1. The van der Waals surface area contributed by atoms with Gasteiger partial charge in [-0.1, -0.05) is 18.2 Å². The molecule has 1 amide bonds. The average Bonchev–Trinajstić information content (AvgIpc) is 3.04. The number of aliphatic hydroxyl groups is 1. The number of methoxy groups -OCH3 is 1. The molecule has 3 rings (SSSR count). The van der Waals surface area contributed by atoms with Gasteiger partial charge in [-0.15, -0.1) is 0 Å². The highest BCUT2D eigenvalue weighted by Gasteiger charge is 2.36. The van der Waals surface area contributed by atoms with E-state index < -0.39 is 0 Å². The number of aliphatic hydroxyl groups excluding tert-OH is 1. The fourth-order valence-electron chi connectivity index (χ4n) is 3.17. The second-order valence-electron chi connectivity index (χ2n) is 6.15. The third-order valence-corrected chi connectivity index (χ3v) is 4.62. The molecule has 5 heteroatoms. The van der Waals surface area contributed by atoms with Crippen molar-refractivity contribution in [3.8, 4) is 5.88 Å². The quantitative estimate of drug-likeness (QED) is 0.816. The van der Waals surface area contributed by atoms with Gasteiger partial charge in [-0.2, -0.15) is 0 Å². The van der Waals surface area contributed by atoms with E-state index in [0.717, 1.165) is 31.2 Å². The molecule has 0 bridgehead atoms. The minimum Gasteiger partial charge on any atom is -0.481 e. The summed E-state index contributed by atoms with van der Waals surface area (Å²) in [4.78, 5) is 16.7. The molecule has 1 atom stereocenters. The summed E-state index contributed by atoms with van der Waals surface area (Å²) in [7, 11) is 1.58. The number of allylic oxidation sites excluding steroid dienone is 2. The van der Waals surface area contributed by atoms with Crippen LogP contribution in [0, 0.1) is 11.8 Å². The number of hydrogen-bond donors (Lipinski definition) is 2. The molecular formula is C17H22N2O3. The van der Waals surface area contributed by atoms with Gasteiger partial charge in [0.2, 0.25) is 11.8 Å². The van der Waals surface area contributed by atoms with Crippen LogP contribution in [-0.4, -0.2) is 29.2 Å². The zero-order valence-electron chi connectivity index (χ0n) is 12.7. The SMILES string of the molecule is COc1ccc([C@@H](NC(=O)C2CC=CC2)C2CC(O)C2)cn1. The van der Waals surface area contributed by atoms with Gasteiger partial charge >= 0.3 is 0 Å².